The molecule has 0 heterocycles. The highest BCUT2D eigenvalue weighted by Gasteiger charge is 2.12. The predicted octanol–water partition coefficient (Wildman–Crippen LogP) is 6.68. The topological polar surface area (TPSA) is 17.1 Å². The van der Waals surface area contributed by atoms with Crippen molar-refractivity contribution in [3.63, 3.8) is 0 Å². The molecule has 122 valence electrons. The third-order valence-electron chi connectivity index (χ3n) is 3.73. The summed E-state index contributed by atoms with van der Waals surface area (Å²) in [6.07, 6.45) is 4.08. The molecular weight excluding hydrogens is 374 g/mol. The zero-order valence-corrected chi connectivity index (χ0v) is 15.4. The minimum absolute atomic E-state index is 0.0697. The Kier molecular flexibility index (Phi) is 7.23. The lowest BCUT2D eigenvalue weighted by Crippen LogP contribution is -2.07. The number of hydrogen-bond acceptors (Lipinski definition) is 1. The zero-order valence-electron chi connectivity index (χ0n) is 12.4. The molecule has 23 heavy (non-hydrogen) atoms. The summed E-state index contributed by atoms with van der Waals surface area (Å²) in [5.74, 6) is -0.0697. The van der Waals surface area contributed by atoms with Crippen LogP contribution in [-0.2, 0) is 17.6 Å². The Morgan fingerprint density at radius 2 is 1.43 bits per heavy atom. The second-order valence-electron chi connectivity index (χ2n) is 5.46. The van der Waals surface area contributed by atoms with Crippen LogP contribution >= 0.6 is 46.4 Å². The van der Waals surface area contributed by atoms with Crippen LogP contribution in [0.15, 0.2) is 36.4 Å². The van der Waals surface area contributed by atoms with Crippen LogP contribution in [0.4, 0.5) is 0 Å². The second-order valence-corrected chi connectivity index (χ2v) is 7.15. The largest absolute Gasteiger partial charge is 0.303 e. The molecule has 0 bridgehead atoms. The molecule has 1 unspecified atom stereocenters. The Morgan fingerprint density at radius 3 is 1.96 bits per heavy atom. The number of carbonyl (C=O) groups is 1. The third-order valence-corrected chi connectivity index (χ3v) is 4.90. The van der Waals surface area contributed by atoms with Gasteiger partial charge in [0.15, 0.2) is 0 Å². The van der Waals surface area contributed by atoms with Gasteiger partial charge in [-0.3, -0.25) is 0 Å². The molecule has 2 rings (SSSR count). The van der Waals surface area contributed by atoms with E-state index in [1.807, 2.05) is 18.2 Å². The molecule has 0 aliphatic rings. The van der Waals surface area contributed by atoms with Crippen LogP contribution in [-0.4, -0.2) is 6.29 Å². The van der Waals surface area contributed by atoms with Gasteiger partial charge in [0.1, 0.15) is 6.29 Å². The highest BCUT2D eigenvalue weighted by atomic mass is 35.5. The quantitative estimate of drug-likeness (QED) is 0.482. The minimum atomic E-state index is -0.0697. The Hall–Kier alpha value is -0.730. The van der Waals surface area contributed by atoms with Crippen molar-refractivity contribution in [1.82, 2.24) is 0 Å². The van der Waals surface area contributed by atoms with Gasteiger partial charge < -0.3 is 4.79 Å². The molecule has 0 spiro atoms. The SMILES string of the molecule is O=CC(CCCc1ccc(Cl)cc1Cl)Cc1ccc(Cl)cc1Cl. The van der Waals surface area contributed by atoms with Gasteiger partial charge in [-0.25, -0.2) is 0 Å². The monoisotopic (exact) mass is 388 g/mol. The van der Waals surface area contributed by atoms with E-state index in [9.17, 15) is 4.79 Å². The van der Waals surface area contributed by atoms with E-state index in [4.69, 9.17) is 46.4 Å². The van der Waals surface area contributed by atoms with E-state index in [-0.39, 0.29) is 5.92 Å². The molecule has 0 aliphatic carbocycles. The van der Waals surface area contributed by atoms with Gasteiger partial charge in [-0.1, -0.05) is 58.5 Å². The van der Waals surface area contributed by atoms with Crippen molar-refractivity contribution in [2.45, 2.75) is 25.7 Å². The Bertz CT molecular complexity index is 685. The molecular formula is C18H16Cl4O. The van der Waals surface area contributed by atoms with E-state index in [0.29, 0.717) is 26.5 Å². The summed E-state index contributed by atoms with van der Waals surface area (Å²) in [4.78, 5) is 11.3. The molecule has 0 saturated heterocycles. The first-order valence-corrected chi connectivity index (χ1v) is 8.84. The first-order valence-electron chi connectivity index (χ1n) is 7.32. The maximum absolute atomic E-state index is 11.3. The van der Waals surface area contributed by atoms with Gasteiger partial charge in [0.25, 0.3) is 0 Å². The molecule has 2 aromatic carbocycles. The lowest BCUT2D eigenvalue weighted by Gasteiger charge is -2.12. The lowest BCUT2D eigenvalue weighted by atomic mass is 9.94. The van der Waals surface area contributed by atoms with Gasteiger partial charge in [-0.2, -0.15) is 0 Å². The molecule has 0 N–H and O–H groups in total. The fourth-order valence-corrected chi connectivity index (χ4v) is 3.46. The fourth-order valence-electron chi connectivity index (χ4n) is 2.47. The van der Waals surface area contributed by atoms with Gasteiger partial charge in [-0.05, 0) is 61.1 Å². The minimum Gasteiger partial charge on any atom is -0.303 e. The molecule has 5 heteroatoms. The van der Waals surface area contributed by atoms with Crippen LogP contribution in [0.3, 0.4) is 0 Å². The number of benzene rings is 2. The summed E-state index contributed by atoms with van der Waals surface area (Å²) in [6, 6.07) is 10.9. The summed E-state index contributed by atoms with van der Waals surface area (Å²) in [5, 5.41) is 2.49. The highest BCUT2D eigenvalue weighted by Crippen LogP contribution is 2.26. The standard InChI is InChI=1S/C18H16Cl4O/c19-15-6-4-13(17(21)9-15)3-1-2-12(11-23)8-14-5-7-16(20)10-18(14)22/h4-7,9-12H,1-3,8H2. The van der Waals surface area contributed by atoms with Gasteiger partial charge in [-0.15, -0.1) is 0 Å². The van der Waals surface area contributed by atoms with Crippen molar-refractivity contribution in [3.8, 4) is 0 Å². The Morgan fingerprint density at radius 1 is 0.870 bits per heavy atom. The number of rotatable bonds is 7. The van der Waals surface area contributed by atoms with E-state index >= 15 is 0 Å². The smallest absolute Gasteiger partial charge is 0.123 e. The first kappa shape index (κ1) is 18.6. The normalized spacial score (nSPS) is 12.2. The first-order chi connectivity index (χ1) is 11.0. The van der Waals surface area contributed by atoms with Crippen molar-refractivity contribution < 1.29 is 4.79 Å². The number of hydrogen-bond donors (Lipinski definition) is 0. The molecule has 0 aromatic heterocycles. The van der Waals surface area contributed by atoms with Crippen LogP contribution in [0.5, 0.6) is 0 Å². The van der Waals surface area contributed by atoms with E-state index in [0.717, 1.165) is 36.7 Å². The van der Waals surface area contributed by atoms with E-state index in [2.05, 4.69) is 0 Å². The summed E-state index contributed by atoms with van der Waals surface area (Å²) in [6.45, 7) is 0. The molecule has 1 atom stereocenters. The van der Waals surface area contributed by atoms with Crippen LogP contribution in [0.25, 0.3) is 0 Å². The summed E-state index contributed by atoms with van der Waals surface area (Å²) in [5.41, 5.74) is 1.99. The van der Waals surface area contributed by atoms with Crippen LogP contribution < -0.4 is 0 Å². The van der Waals surface area contributed by atoms with Crippen molar-refractivity contribution in [1.29, 1.82) is 0 Å². The fraction of sp³-hybridized carbons (Fsp3) is 0.278. The molecule has 2 aromatic rings. The van der Waals surface area contributed by atoms with Crippen molar-refractivity contribution in [2.75, 3.05) is 0 Å². The average Bonchev–Trinajstić information content (AvgIpc) is 2.50. The highest BCUT2D eigenvalue weighted by molar-refractivity contribution is 6.35. The van der Waals surface area contributed by atoms with Crippen LogP contribution in [0.1, 0.15) is 24.0 Å². The number of aryl methyl sites for hydroxylation is 1. The number of halogens is 4. The van der Waals surface area contributed by atoms with Crippen molar-refractivity contribution in [3.05, 3.63) is 67.6 Å². The second kappa shape index (κ2) is 8.94. The summed E-state index contributed by atoms with van der Waals surface area (Å²) >= 11 is 24.1. The number of carbonyl (C=O) groups excluding carboxylic acids is 1. The number of aldehydes is 1. The van der Waals surface area contributed by atoms with Gasteiger partial charge >= 0.3 is 0 Å². The van der Waals surface area contributed by atoms with E-state index < -0.39 is 0 Å². The van der Waals surface area contributed by atoms with Gasteiger partial charge in [0.05, 0.1) is 0 Å². The Balaban J connectivity index is 1.91. The molecule has 0 aliphatic heterocycles. The lowest BCUT2D eigenvalue weighted by molar-refractivity contribution is -0.111. The molecule has 0 amide bonds. The van der Waals surface area contributed by atoms with Crippen molar-refractivity contribution in [2.24, 2.45) is 5.92 Å². The van der Waals surface area contributed by atoms with Gasteiger partial charge in [0.2, 0.25) is 0 Å². The molecule has 0 fully saturated rings. The summed E-state index contributed by atoms with van der Waals surface area (Å²) in [7, 11) is 0. The molecule has 0 saturated carbocycles. The Labute approximate surface area is 156 Å². The van der Waals surface area contributed by atoms with E-state index in [1.54, 1.807) is 18.2 Å². The average molecular weight is 390 g/mol. The van der Waals surface area contributed by atoms with Crippen LogP contribution in [0, 0.1) is 5.92 Å². The maximum atomic E-state index is 11.3. The third kappa shape index (κ3) is 5.69. The summed E-state index contributed by atoms with van der Waals surface area (Å²) < 4.78 is 0. The van der Waals surface area contributed by atoms with Crippen LogP contribution in [0.2, 0.25) is 20.1 Å². The predicted molar refractivity (Wildman–Crippen MR) is 99.1 cm³/mol. The maximum Gasteiger partial charge on any atom is 0.123 e. The zero-order chi connectivity index (χ0) is 16.8. The molecule has 1 nitrogen and oxygen atoms in total. The van der Waals surface area contributed by atoms with Gasteiger partial charge in [0, 0.05) is 26.0 Å². The van der Waals surface area contributed by atoms with E-state index in [1.165, 1.54) is 0 Å². The molecule has 0 radical (unpaired) electrons. The van der Waals surface area contributed by atoms with Crippen molar-refractivity contribution >= 4 is 52.7 Å².